The summed E-state index contributed by atoms with van der Waals surface area (Å²) in [6.45, 7) is 12.1. The summed E-state index contributed by atoms with van der Waals surface area (Å²) in [6.07, 6.45) is 4.91. The number of rotatable bonds is 23. The number of amides is 4. The lowest BCUT2D eigenvalue weighted by molar-refractivity contribution is -0.134. The van der Waals surface area contributed by atoms with Crippen molar-refractivity contribution in [3.63, 3.8) is 0 Å². The van der Waals surface area contributed by atoms with Crippen molar-refractivity contribution >= 4 is 29.4 Å². The fourth-order valence-electron chi connectivity index (χ4n) is 5.85. The van der Waals surface area contributed by atoms with Crippen LogP contribution in [-0.4, -0.2) is 87.6 Å². The third kappa shape index (κ3) is 14.9. The SMILES string of the molecule is CC[C@H](C)[C@H](NC(=O)[C@H](C[C@H](O)C(CC(C)C)NC(=O)[C@H](Cc1cnc[nH]1)NC(=O)COc1ccccc1)C(C)C)C(=O)NCCNc1ccccn1. The maximum atomic E-state index is 13.8. The molecule has 14 heteroatoms. The van der Waals surface area contributed by atoms with Crippen molar-refractivity contribution in [2.45, 2.75) is 91.5 Å². The Balaban J connectivity index is 1.67. The highest BCUT2D eigenvalue weighted by Gasteiger charge is 2.35. The molecule has 1 unspecified atom stereocenters. The van der Waals surface area contributed by atoms with E-state index in [1.54, 1.807) is 36.7 Å². The van der Waals surface area contributed by atoms with E-state index in [1.807, 2.05) is 65.8 Å². The molecule has 0 radical (unpaired) electrons. The summed E-state index contributed by atoms with van der Waals surface area (Å²) in [5.41, 5.74) is 0.635. The number of nitrogens with one attached hydrogen (secondary N) is 6. The van der Waals surface area contributed by atoms with E-state index >= 15 is 0 Å². The predicted octanol–water partition coefficient (Wildman–Crippen LogP) is 3.22. The number of hydrogen-bond donors (Lipinski definition) is 7. The summed E-state index contributed by atoms with van der Waals surface area (Å²) >= 11 is 0. The topological polar surface area (TPSA) is 199 Å². The summed E-state index contributed by atoms with van der Waals surface area (Å²) < 4.78 is 5.58. The van der Waals surface area contributed by atoms with Gasteiger partial charge in [0, 0.05) is 43.5 Å². The zero-order valence-corrected chi connectivity index (χ0v) is 31.8. The molecular weight excluding hydrogens is 676 g/mol. The Morgan fingerprint density at radius 1 is 0.868 bits per heavy atom. The third-order valence-corrected chi connectivity index (χ3v) is 9.09. The highest BCUT2D eigenvalue weighted by Crippen LogP contribution is 2.23. The first-order chi connectivity index (χ1) is 25.4. The Morgan fingerprint density at radius 2 is 1.60 bits per heavy atom. The lowest BCUT2D eigenvalue weighted by Gasteiger charge is -2.32. The van der Waals surface area contributed by atoms with Crippen LogP contribution >= 0.6 is 0 Å². The molecule has 7 N–H and O–H groups in total. The van der Waals surface area contributed by atoms with E-state index in [0.29, 0.717) is 43.2 Å². The van der Waals surface area contributed by atoms with Crippen molar-refractivity contribution in [1.29, 1.82) is 0 Å². The van der Waals surface area contributed by atoms with Gasteiger partial charge in [-0.2, -0.15) is 0 Å². The van der Waals surface area contributed by atoms with Gasteiger partial charge in [0.25, 0.3) is 5.91 Å². The summed E-state index contributed by atoms with van der Waals surface area (Å²) in [7, 11) is 0. The van der Waals surface area contributed by atoms with Gasteiger partial charge < -0.3 is 41.4 Å². The zero-order chi connectivity index (χ0) is 38.8. The highest BCUT2D eigenvalue weighted by molar-refractivity contribution is 5.89. The first-order valence-corrected chi connectivity index (χ1v) is 18.5. The Labute approximate surface area is 313 Å². The average molecular weight is 735 g/mol. The number of aliphatic hydroxyl groups is 1. The largest absolute Gasteiger partial charge is 0.484 e. The third-order valence-electron chi connectivity index (χ3n) is 9.09. The second-order valence-corrected chi connectivity index (χ2v) is 14.2. The molecule has 0 aliphatic heterocycles. The average Bonchev–Trinajstić information content (AvgIpc) is 3.66. The van der Waals surface area contributed by atoms with E-state index in [9.17, 15) is 24.3 Å². The minimum absolute atomic E-state index is 0.0481. The molecule has 0 spiro atoms. The molecule has 0 aliphatic carbocycles. The maximum absolute atomic E-state index is 13.8. The number of anilines is 1. The maximum Gasteiger partial charge on any atom is 0.258 e. The first kappa shape index (κ1) is 42.4. The number of aliphatic hydroxyl groups excluding tert-OH is 1. The van der Waals surface area contributed by atoms with Gasteiger partial charge in [-0.25, -0.2) is 9.97 Å². The van der Waals surface area contributed by atoms with Gasteiger partial charge in [-0.1, -0.05) is 72.2 Å². The van der Waals surface area contributed by atoms with Crippen LogP contribution in [0, 0.1) is 23.7 Å². The number of aromatic nitrogens is 3. The Hall–Kier alpha value is -4.98. The Morgan fingerprint density at radius 3 is 2.23 bits per heavy atom. The number of imidazole rings is 1. The van der Waals surface area contributed by atoms with E-state index in [-0.39, 0.29) is 49.0 Å². The molecule has 6 atom stereocenters. The Bertz CT molecular complexity index is 1520. The molecule has 0 saturated heterocycles. The van der Waals surface area contributed by atoms with Gasteiger partial charge in [-0.15, -0.1) is 0 Å². The first-order valence-electron chi connectivity index (χ1n) is 18.5. The fourth-order valence-corrected chi connectivity index (χ4v) is 5.85. The van der Waals surface area contributed by atoms with Crippen LogP contribution in [0.3, 0.4) is 0 Å². The number of pyridine rings is 1. The quantitative estimate of drug-likeness (QED) is 0.0715. The van der Waals surface area contributed by atoms with Gasteiger partial charge >= 0.3 is 0 Å². The van der Waals surface area contributed by atoms with E-state index < -0.39 is 42.0 Å². The highest BCUT2D eigenvalue weighted by atomic mass is 16.5. The number of ether oxygens (including phenoxy) is 1. The van der Waals surface area contributed by atoms with Crippen LogP contribution in [0.5, 0.6) is 5.75 Å². The molecule has 3 rings (SSSR count). The molecule has 0 aliphatic rings. The molecular formula is C39H58N8O6. The zero-order valence-electron chi connectivity index (χ0n) is 31.8. The molecule has 0 fully saturated rings. The van der Waals surface area contributed by atoms with Gasteiger partial charge in [0.2, 0.25) is 17.7 Å². The van der Waals surface area contributed by atoms with Crippen LogP contribution in [0.1, 0.15) is 66.5 Å². The van der Waals surface area contributed by atoms with Crippen molar-refractivity contribution in [3.8, 4) is 5.75 Å². The number of para-hydroxylation sites is 1. The molecule has 0 bridgehead atoms. The summed E-state index contributed by atoms with van der Waals surface area (Å²) in [5, 5.41) is 26.4. The minimum atomic E-state index is -1.10. The number of H-pyrrole nitrogens is 1. The fraction of sp³-hybridized carbons (Fsp3) is 0.538. The summed E-state index contributed by atoms with van der Waals surface area (Å²) in [6, 6.07) is 11.9. The predicted molar refractivity (Wildman–Crippen MR) is 204 cm³/mol. The van der Waals surface area contributed by atoms with E-state index in [4.69, 9.17) is 4.74 Å². The monoisotopic (exact) mass is 734 g/mol. The molecule has 14 nitrogen and oxygen atoms in total. The molecule has 3 aromatic rings. The van der Waals surface area contributed by atoms with Crippen molar-refractivity contribution in [2.24, 2.45) is 23.7 Å². The molecule has 53 heavy (non-hydrogen) atoms. The number of carbonyl (C=O) groups is 4. The van der Waals surface area contributed by atoms with E-state index in [2.05, 4.69) is 41.5 Å². The standard InChI is InChI=1S/C39H58N8O6/c1-7-27(6)36(39(52)43-18-17-42-34-15-11-12-16-41-34)47-37(50)30(26(4)5)21-33(48)31(19-25(2)3)46-38(51)32(20-28-22-40-24-44-28)45-35(49)23-53-29-13-9-8-10-14-29/h8-16,22,24-27,30-33,36,48H,7,17-21,23H2,1-6H3,(H,40,44)(H,41,42)(H,43,52)(H,45,49)(H,46,51)(H,47,50)/t27-,30+,31?,32-,33-,36-/m0/s1. The summed E-state index contributed by atoms with van der Waals surface area (Å²) in [5.74, 6) is -1.29. The minimum Gasteiger partial charge on any atom is -0.484 e. The molecule has 2 aromatic heterocycles. The number of nitrogens with zero attached hydrogens (tertiary/aromatic N) is 2. The van der Waals surface area contributed by atoms with Crippen molar-refractivity contribution in [1.82, 2.24) is 36.2 Å². The van der Waals surface area contributed by atoms with Crippen LogP contribution in [0.15, 0.2) is 67.3 Å². The van der Waals surface area contributed by atoms with Gasteiger partial charge in [-0.05, 0) is 54.9 Å². The van der Waals surface area contributed by atoms with E-state index in [1.165, 1.54) is 6.33 Å². The molecule has 290 valence electrons. The van der Waals surface area contributed by atoms with Gasteiger partial charge in [-0.3, -0.25) is 19.2 Å². The molecule has 2 heterocycles. The summed E-state index contributed by atoms with van der Waals surface area (Å²) in [4.78, 5) is 65.1. The van der Waals surface area contributed by atoms with Gasteiger partial charge in [0.1, 0.15) is 23.7 Å². The number of hydrogen-bond acceptors (Lipinski definition) is 9. The second kappa shape index (κ2) is 22.2. The molecule has 4 amide bonds. The lowest BCUT2D eigenvalue weighted by Crippen LogP contribution is -2.55. The normalized spacial score (nSPS) is 14.7. The second-order valence-electron chi connectivity index (χ2n) is 14.2. The van der Waals surface area contributed by atoms with Gasteiger partial charge in [0.15, 0.2) is 6.61 Å². The van der Waals surface area contributed by atoms with Crippen molar-refractivity contribution < 1.29 is 29.0 Å². The van der Waals surface area contributed by atoms with Crippen LogP contribution in [-0.2, 0) is 25.6 Å². The van der Waals surface area contributed by atoms with Crippen molar-refractivity contribution in [2.75, 3.05) is 25.0 Å². The van der Waals surface area contributed by atoms with Crippen LogP contribution in [0.2, 0.25) is 0 Å². The van der Waals surface area contributed by atoms with E-state index in [0.717, 1.165) is 0 Å². The number of aromatic amines is 1. The van der Waals surface area contributed by atoms with Crippen LogP contribution in [0.25, 0.3) is 0 Å². The smallest absolute Gasteiger partial charge is 0.258 e. The molecule has 1 aromatic carbocycles. The van der Waals surface area contributed by atoms with Crippen molar-refractivity contribution in [3.05, 3.63) is 72.9 Å². The Kier molecular flexibility index (Phi) is 17.7. The lowest BCUT2D eigenvalue weighted by atomic mass is 9.85. The van der Waals surface area contributed by atoms with Crippen LogP contribution < -0.4 is 31.3 Å². The van der Waals surface area contributed by atoms with Gasteiger partial charge in [0.05, 0.1) is 18.5 Å². The molecule has 0 saturated carbocycles. The number of carbonyl (C=O) groups excluding carboxylic acids is 4. The number of benzene rings is 1. The van der Waals surface area contributed by atoms with Crippen LogP contribution in [0.4, 0.5) is 5.82 Å².